The van der Waals surface area contributed by atoms with Crippen molar-refractivity contribution in [1.29, 1.82) is 0 Å². The summed E-state index contributed by atoms with van der Waals surface area (Å²) in [4.78, 5) is 2.13. The van der Waals surface area contributed by atoms with Gasteiger partial charge in [0.2, 0.25) is 0 Å². The molecule has 1 aliphatic heterocycles. The second kappa shape index (κ2) is 2.78. The van der Waals surface area contributed by atoms with Crippen LogP contribution in [-0.4, -0.2) is 25.0 Å². The monoisotopic (exact) mass is 138 g/mol. The zero-order valence-corrected chi connectivity index (χ0v) is 6.76. The van der Waals surface area contributed by atoms with Crippen LogP contribution in [0, 0.1) is 0 Å². The number of likely N-dealkylation sites (N-methyl/N-ethyl adjacent to an activating group) is 1. The smallest absolute Gasteiger partial charge is 0.0628 e. The van der Waals surface area contributed by atoms with Gasteiger partial charge in [-0.2, -0.15) is 0 Å². The van der Waals surface area contributed by atoms with Gasteiger partial charge in [-0.05, 0) is 25.3 Å². The molecule has 0 fully saturated rings. The Morgan fingerprint density at radius 2 is 2.20 bits per heavy atom. The van der Waals surface area contributed by atoms with Crippen LogP contribution >= 0.6 is 0 Å². The standard InChI is InChI=1S/C8H14N2/c1-7-8(10(2)3)5-4-6-9-7/h4-7,9H,1-3H3. The maximum atomic E-state index is 3.22. The summed E-state index contributed by atoms with van der Waals surface area (Å²) in [6.45, 7) is 2.15. The SMILES string of the molecule is CC1NC=CC=C1N(C)C. The molecule has 56 valence electrons. The van der Waals surface area contributed by atoms with E-state index in [0.717, 1.165) is 0 Å². The molecule has 0 aromatic carbocycles. The van der Waals surface area contributed by atoms with Crippen molar-refractivity contribution in [3.8, 4) is 0 Å². The first-order valence-electron chi connectivity index (χ1n) is 3.52. The molecule has 1 heterocycles. The van der Waals surface area contributed by atoms with Crippen molar-refractivity contribution in [3.63, 3.8) is 0 Å². The van der Waals surface area contributed by atoms with Gasteiger partial charge in [-0.1, -0.05) is 0 Å². The Morgan fingerprint density at radius 3 is 2.60 bits per heavy atom. The molecule has 0 radical (unpaired) electrons. The minimum atomic E-state index is 0.444. The van der Waals surface area contributed by atoms with Crippen molar-refractivity contribution >= 4 is 0 Å². The largest absolute Gasteiger partial charge is 0.383 e. The molecule has 0 aromatic heterocycles. The molecule has 1 aliphatic rings. The molecule has 0 bridgehead atoms. The van der Waals surface area contributed by atoms with Gasteiger partial charge in [-0.25, -0.2) is 0 Å². The second-order valence-corrected chi connectivity index (χ2v) is 2.73. The lowest BCUT2D eigenvalue weighted by Crippen LogP contribution is -2.32. The fourth-order valence-corrected chi connectivity index (χ4v) is 1.11. The van der Waals surface area contributed by atoms with Crippen molar-refractivity contribution in [1.82, 2.24) is 10.2 Å². The highest BCUT2D eigenvalue weighted by molar-refractivity contribution is 5.20. The van der Waals surface area contributed by atoms with E-state index >= 15 is 0 Å². The maximum absolute atomic E-state index is 3.22. The fourth-order valence-electron chi connectivity index (χ4n) is 1.11. The molecule has 2 nitrogen and oxygen atoms in total. The highest BCUT2D eigenvalue weighted by Gasteiger charge is 2.09. The predicted octanol–water partition coefficient (Wildman–Crippen LogP) is 0.937. The van der Waals surface area contributed by atoms with Crippen molar-refractivity contribution in [2.75, 3.05) is 14.1 Å². The summed E-state index contributed by atoms with van der Waals surface area (Å²) < 4.78 is 0. The van der Waals surface area contributed by atoms with Crippen LogP contribution in [0.2, 0.25) is 0 Å². The molecule has 0 spiro atoms. The minimum absolute atomic E-state index is 0.444. The third-order valence-corrected chi connectivity index (χ3v) is 1.67. The summed E-state index contributed by atoms with van der Waals surface area (Å²) in [6.07, 6.45) is 6.12. The molecule has 1 rings (SSSR count). The lowest BCUT2D eigenvalue weighted by molar-refractivity contribution is 0.450. The van der Waals surface area contributed by atoms with Crippen molar-refractivity contribution in [2.45, 2.75) is 13.0 Å². The van der Waals surface area contributed by atoms with Crippen LogP contribution in [0.3, 0.4) is 0 Å². The number of allylic oxidation sites excluding steroid dienone is 2. The van der Waals surface area contributed by atoms with Crippen LogP contribution in [0.4, 0.5) is 0 Å². The molecule has 2 heteroatoms. The number of hydrogen-bond acceptors (Lipinski definition) is 2. The summed E-state index contributed by atoms with van der Waals surface area (Å²) in [6, 6.07) is 0.444. The minimum Gasteiger partial charge on any atom is -0.383 e. The van der Waals surface area contributed by atoms with Gasteiger partial charge in [-0.15, -0.1) is 0 Å². The number of rotatable bonds is 1. The molecule has 10 heavy (non-hydrogen) atoms. The molecule has 1 unspecified atom stereocenters. The van der Waals surface area contributed by atoms with Crippen molar-refractivity contribution < 1.29 is 0 Å². The summed E-state index contributed by atoms with van der Waals surface area (Å²) >= 11 is 0. The van der Waals surface area contributed by atoms with E-state index in [2.05, 4.69) is 37.3 Å². The Balaban J connectivity index is 2.70. The molecule has 0 saturated heterocycles. The van der Waals surface area contributed by atoms with E-state index in [1.807, 2.05) is 12.3 Å². The number of nitrogens with one attached hydrogen (secondary N) is 1. The summed E-state index contributed by atoms with van der Waals surface area (Å²) in [5.74, 6) is 0. The van der Waals surface area contributed by atoms with Gasteiger partial charge in [0.25, 0.3) is 0 Å². The van der Waals surface area contributed by atoms with Gasteiger partial charge >= 0.3 is 0 Å². The van der Waals surface area contributed by atoms with Crippen LogP contribution in [0.1, 0.15) is 6.92 Å². The van der Waals surface area contributed by atoms with Crippen LogP contribution in [-0.2, 0) is 0 Å². The van der Waals surface area contributed by atoms with Gasteiger partial charge < -0.3 is 10.2 Å². The Labute approximate surface area is 62.2 Å². The van der Waals surface area contributed by atoms with Crippen LogP contribution in [0.15, 0.2) is 24.0 Å². The zero-order valence-electron chi connectivity index (χ0n) is 6.76. The van der Waals surface area contributed by atoms with Gasteiger partial charge in [0, 0.05) is 19.8 Å². The van der Waals surface area contributed by atoms with Crippen LogP contribution in [0.5, 0.6) is 0 Å². The number of nitrogens with zero attached hydrogens (tertiary/aromatic N) is 1. The number of hydrogen-bond donors (Lipinski definition) is 1. The lowest BCUT2D eigenvalue weighted by Gasteiger charge is -2.25. The van der Waals surface area contributed by atoms with Gasteiger partial charge in [-0.3, -0.25) is 0 Å². The van der Waals surface area contributed by atoms with Gasteiger partial charge in [0.15, 0.2) is 0 Å². The molecule has 1 N–H and O–H groups in total. The Morgan fingerprint density at radius 1 is 1.50 bits per heavy atom. The topological polar surface area (TPSA) is 15.3 Å². The van der Waals surface area contributed by atoms with E-state index < -0.39 is 0 Å². The van der Waals surface area contributed by atoms with Gasteiger partial charge in [0.1, 0.15) is 0 Å². The van der Waals surface area contributed by atoms with E-state index in [4.69, 9.17) is 0 Å². The molecule has 0 amide bonds. The molecule has 0 aromatic rings. The van der Waals surface area contributed by atoms with E-state index in [0.29, 0.717) is 6.04 Å². The normalized spacial score (nSPS) is 23.5. The molecular formula is C8H14N2. The predicted molar refractivity (Wildman–Crippen MR) is 43.5 cm³/mol. The summed E-state index contributed by atoms with van der Waals surface area (Å²) in [5.41, 5.74) is 1.32. The van der Waals surface area contributed by atoms with Crippen LogP contribution < -0.4 is 5.32 Å². The van der Waals surface area contributed by atoms with E-state index in [-0.39, 0.29) is 0 Å². The van der Waals surface area contributed by atoms with Crippen molar-refractivity contribution in [3.05, 3.63) is 24.0 Å². The van der Waals surface area contributed by atoms with Gasteiger partial charge in [0.05, 0.1) is 6.04 Å². The van der Waals surface area contributed by atoms with E-state index in [1.54, 1.807) is 0 Å². The van der Waals surface area contributed by atoms with E-state index in [1.165, 1.54) is 5.70 Å². The average molecular weight is 138 g/mol. The summed E-state index contributed by atoms with van der Waals surface area (Å²) in [5, 5.41) is 3.22. The average Bonchev–Trinajstić information content (AvgIpc) is 1.88. The van der Waals surface area contributed by atoms with Crippen LogP contribution in [0.25, 0.3) is 0 Å². The quantitative estimate of drug-likeness (QED) is 0.580. The highest BCUT2D eigenvalue weighted by Crippen LogP contribution is 2.08. The third kappa shape index (κ3) is 1.32. The molecule has 0 aliphatic carbocycles. The molecular weight excluding hydrogens is 124 g/mol. The molecule has 1 atom stereocenters. The Kier molecular flexibility index (Phi) is 2.00. The zero-order chi connectivity index (χ0) is 7.56. The Bertz CT molecular complexity index is 168. The number of dihydropyridines is 1. The van der Waals surface area contributed by atoms with Crippen molar-refractivity contribution in [2.24, 2.45) is 0 Å². The highest BCUT2D eigenvalue weighted by atomic mass is 15.1. The summed E-state index contributed by atoms with van der Waals surface area (Å²) in [7, 11) is 4.12. The maximum Gasteiger partial charge on any atom is 0.0628 e. The molecule has 0 saturated carbocycles. The first-order chi connectivity index (χ1) is 4.72. The lowest BCUT2D eigenvalue weighted by atomic mass is 10.2. The van der Waals surface area contributed by atoms with E-state index in [9.17, 15) is 0 Å². The second-order valence-electron chi connectivity index (χ2n) is 2.73. The fraction of sp³-hybridized carbons (Fsp3) is 0.500. The Hall–Kier alpha value is -0.920. The third-order valence-electron chi connectivity index (χ3n) is 1.67. The first kappa shape index (κ1) is 7.19. The first-order valence-corrected chi connectivity index (χ1v) is 3.52.